The Labute approximate surface area is 214 Å². The minimum atomic E-state index is -0.956. The topological polar surface area (TPSA) is 87.8 Å². The molecular formula is C28H25N3O4S. The van der Waals surface area contributed by atoms with Gasteiger partial charge in [0.15, 0.2) is 5.11 Å². The Hall–Kier alpha value is -4.17. The highest BCUT2D eigenvalue weighted by molar-refractivity contribution is 7.80. The van der Waals surface area contributed by atoms with Crippen molar-refractivity contribution in [2.75, 3.05) is 7.11 Å². The molecule has 1 aliphatic heterocycles. The van der Waals surface area contributed by atoms with Gasteiger partial charge in [0.05, 0.1) is 24.4 Å². The molecule has 2 aromatic heterocycles. The molecule has 0 aliphatic carbocycles. The monoisotopic (exact) mass is 499 g/mol. The molecule has 4 aromatic rings. The number of pyridine rings is 1. The average molecular weight is 500 g/mol. The summed E-state index contributed by atoms with van der Waals surface area (Å²) >= 11 is 5.77. The zero-order valence-electron chi connectivity index (χ0n) is 19.8. The maximum atomic E-state index is 11.3. The third-order valence-electron chi connectivity index (χ3n) is 6.37. The van der Waals surface area contributed by atoms with Gasteiger partial charge in [0.25, 0.3) is 0 Å². The van der Waals surface area contributed by atoms with Gasteiger partial charge in [-0.3, -0.25) is 4.98 Å². The summed E-state index contributed by atoms with van der Waals surface area (Å²) in [5.74, 6) is 1.25. The number of ether oxygens (including phenoxy) is 1. The van der Waals surface area contributed by atoms with Gasteiger partial charge in [0.1, 0.15) is 23.3 Å². The number of hydrogen-bond donors (Lipinski definition) is 2. The van der Waals surface area contributed by atoms with Gasteiger partial charge in [-0.15, -0.1) is 0 Å². The van der Waals surface area contributed by atoms with Gasteiger partial charge >= 0.3 is 5.97 Å². The second-order valence-corrected chi connectivity index (χ2v) is 9.03. The third-order valence-corrected chi connectivity index (χ3v) is 6.72. The number of nitrogens with zero attached hydrogens (tertiary/aromatic N) is 2. The standard InChI is InChI=1S/C28H25N3O4S/c1-17-15-19(27(32)33)8-11-21(17)23-12-13-24(35-23)26-25(22-5-3-4-14-29-22)30-28(36)31(26)16-18-6-9-20(34-2)10-7-18/h3-15,25-26H,16H2,1-2H3,(H,30,36)(H,32,33)/t25-,26-/m0/s1. The number of methoxy groups -OCH3 is 1. The van der Waals surface area contributed by atoms with Crippen molar-refractivity contribution in [3.05, 3.63) is 107 Å². The second kappa shape index (κ2) is 9.83. The molecule has 1 fully saturated rings. The first-order valence-corrected chi connectivity index (χ1v) is 11.9. The van der Waals surface area contributed by atoms with Crippen LogP contribution in [0.3, 0.4) is 0 Å². The first-order chi connectivity index (χ1) is 17.4. The molecule has 7 nitrogen and oxygen atoms in total. The van der Waals surface area contributed by atoms with Crippen molar-refractivity contribution in [2.24, 2.45) is 0 Å². The fourth-order valence-corrected chi connectivity index (χ4v) is 4.85. The zero-order chi connectivity index (χ0) is 25.2. The Morgan fingerprint density at radius 2 is 1.94 bits per heavy atom. The van der Waals surface area contributed by atoms with Gasteiger partial charge < -0.3 is 24.5 Å². The first-order valence-electron chi connectivity index (χ1n) is 11.5. The third kappa shape index (κ3) is 4.55. The van der Waals surface area contributed by atoms with Crippen molar-refractivity contribution in [3.63, 3.8) is 0 Å². The number of carboxylic acid groups (broad SMARTS) is 1. The highest BCUT2D eigenvalue weighted by Gasteiger charge is 2.41. The first kappa shape index (κ1) is 23.6. The molecule has 1 saturated heterocycles. The number of rotatable bonds is 7. The summed E-state index contributed by atoms with van der Waals surface area (Å²) < 4.78 is 11.7. The van der Waals surface area contributed by atoms with Gasteiger partial charge in [-0.1, -0.05) is 24.3 Å². The van der Waals surface area contributed by atoms with E-state index in [0.717, 1.165) is 33.9 Å². The summed E-state index contributed by atoms with van der Waals surface area (Å²) in [6.07, 6.45) is 1.77. The molecule has 1 aliphatic rings. The Balaban J connectivity index is 1.52. The predicted molar refractivity (Wildman–Crippen MR) is 140 cm³/mol. The van der Waals surface area contributed by atoms with Crippen LogP contribution >= 0.6 is 12.2 Å². The van der Waals surface area contributed by atoms with Crippen LogP contribution in [0.1, 0.15) is 45.0 Å². The molecule has 0 bridgehead atoms. The summed E-state index contributed by atoms with van der Waals surface area (Å²) in [7, 11) is 1.65. The maximum absolute atomic E-state index is 11.3. The van der Waals surface area contributed by atoms with E-state index in [0.29, 0.717) is 17.4 Å². The molecular weight excluding hydrogens is 474 g/mol. The Morgan fingerprint density at radius 1 is 1.14 bits per heavy atom. The van der Waals surface area contributed by atoms with Crippen molar-refractivity contribution in [1.82, 2.24) is 15.2 Å². The molecule has 0 amide bonds. The van der Waals surface area contributed by atoms with Crippen molar-refractivity contribution >= 4 is 23.3 Å². The highest BCUT2D eigenvalue weighted by Crippen LogP contribution is 2.41. The van der Waals surface area contributed by atoms with E-state index >= 15 is 0 Å². The zero-order valence-corrected chi connectivity index (χ0v) is 20.7. The average Bonchev–Trinajstić information content (AvgIpc) is 3.49. The Morgan fingerprint density at radius 3 is 2.61 bits per heavy atom. The van der Waals surface area contributed by atoms with Crippen molar-refractivity contribution in [3.8, 4) is 17.1 Å². The van der Waals surface area contributed by atoms with Gasteiger partial charge in [-0.25, -0.2) is 4.79 Å². The maximum Gasteiger partial charge on any atom is 0.335 e. The number of aryl methyl sites for hydroxylation is 1. The second-order valence-electron chi connectivity index (χ2n) is 8.64. The van der Waals surface area contributed by atoms with Crippen LogP contribution in [0, 0.1) is 6.92 Å². The van der Waals surface area contributed by atoms with Gasteiger partial charge in [-0.05, 0) is 78.8 Å². The van der Waals surface area contributed by atoms with Crippen LogP contribution in [0.5, 0.6) is 5.75 Å². The van der Waals surface area contributed by atoms with Crippen LogP contribution in [0.4, 0.5) is 0 Å². The minimum Gasteiger partial charge on any atom is -0.497 e. The van der Waals surface area contributed by atoms with Crippen molar-refractivity contribution in [2.45, 2.75) is 25.6 Å². The number of furan rings is 1. The smallest absolute Gasteiger partial charge is 0.335 e. The van der Waals surface area contributed by atoms with Gasteiger partial charge in [0.2, 0.25) is 0 Å². The molecule has 0 unspecified atom stereocenters. The summed E-state index contributed by atoms with van der Waals surface area (Å²) in [6.45, 7) is 2.45. The van der Waals surface area contributed by atoms with Crippen LogP contribution in [0.2, 0.25) is 0 Å². The van der Waals surface area contributed by atoms with Crippen LogP contribution in [-0.4, -0.2) is 33.2 Å². The SMILES string of the molecule is COc1ccc(CN2C(=S)N[C@@H](c3ccccn3)[C@@H]2c2ccc(-c3ccc(C(=O)O)cc3C)o2)cc1. The minimum absolute atomic E-state index is 0.202. The lowest BCUT2D eigenvalue weighted by molar-refractivity contribution is 0.0696. The predicted octanol–water partition coefficient (Wildman–Crippen LogP) is 5.53. The number of carboxylic acids is 1. The van der Waals surface area contributed by atoms with Crippen LogP contribution in [-0.2, 0) is 6.54 Å². The molecule has 2 atom stereocenters. The number of carbonyl (C=O) groups is 1. The quantitative estimate of drug-likeness (QED) is 0.321. The Bertz CT molecular complexity index is 1400. The summed E-state index contributed by atoms with van der Waals surface area (Å²) in [6, 6.07) is 22.2. The molecule has 2 N–H and O–H groups in total. The van der Waals surface area contributed by atoms with E-state index in [1.807, 2.05) is 61.5 Å². The summed E-state index contributed by atoms with van der Waals surface area (Å²) in [4.78, 5) is 18.0. The van der Waals surface area contributed by atoms with E-state index < -0.39 is 5.97 Å². The van der Waals surface area contributed by atoms with E-state index in [-0.39, 0.29) is 17.6 Å². The van der Waals surface area contributed by atoms with E-state index in [2.05, 4.69) is 15.2 Å². The molecule has 2 aromatic carbocycles. The van der Waals surface area contributed by atoms with E-state index in [9.17, 15) is 9.90 Å². The van der Waals surface area contributed by atoms with Crippen LogP contribution in [0.15, 0.2) is 83.4 Å². The normalized spacial score (nSPS) is 17.2. The highest BCUT2D eigenvalue weighted by atomic mass is 32.1. The van der Waals surface area contributed by atoms with Crippen LogP contribution in [0.25, 0.3) is 11.3 Å². The number of aromatic carboxylic acids is 1. The molecule has 5 rings (SSSR count). The van der Waals surface area contributed by atoms with E-state index in [4.69, 9.17) is 21.4 Å². The summed E-state index contributed by atoms with van der Waals surface area (Å²) in [5, 5.41) is 13.4. The molecule has 8 heteroatoms. The largest absolute Gasteiger partial charge is 0.497 e. The fraction of sp³-hybridized carbons (Fsp3) is 0.179. The molecule has 182 valence electrons. The Kier molecular flexibility index (Phi) is 6.43. The fourth-order valence-electron chi connectivity index (χ4n) is 4.54. The lowest BCUT2D eigenvalue weighted by Crippen LogP contribution is -2.29. The van der Waals surface area contributed by atoms with E-state index in [1.54, 1.807) is 31.5 Å². The molecule has 0 radical (unpaired) electrons. The number of benzene rings is 2. The van der Waals surface area contributed by atoms with Gasteiger partial charge in [-0.2, -0.15) is 0 Å². The molecule has 0 spiro atoms. The number of aromatic nitrogens is 1. The number of hydrogen-bond acceptors (Lipinski definition) is 5. The van der Waals surface area contributed by atoms with Crippen molar-refractivity contribution in [1.29, 1.82) is 0 Å². The number of nitrogens with one attached hydrogen (secondary N) is 1. The lowest BCUT2D eigenvalue weighted by atomic mass is 10.0. The van der Waals surface area contributed by atoms with E-state index in [1.165, 1.54) is 0 Å². The molecule has 36 heavy (non-hydrogen) atoms. The van der Waals surface area contributed by atoms with Gasteiger partial charge in [0, 0.05) is 18.3 Å². The van der Waals surface area contributed by atoms with Crippen LogP contribution < -0.4 is 10.1 Å². The van der Waals surface area contributed by atoms with Crippen molar-refractivity contribution < 1.29 is 19.1 Å². The molecule has 3 heterocycles. The number of thiocarbonyl (C=S) groups is 1. The molecule has 0 saturated carbocycles. The summed E-state index contributed by atoms with van der Waals surface area (Å²) in [5.41, 5.74) is 3.86. The lowest BCUT2D eigenvalue weighted by Gasteiger charge is -2.26.